The number of carbonyl (C=O) groups is 2. The fraction of sp³-hybridized carbons (Fsp3) is 0.273. The van der Waals surface area contributed by atoms with Crippen molar-refractivity contribution in [3.05, 3.63) is 67.3 Å². The summed E-state index contributed by atoms with van der Waals surface area (Å²) in [6.45, 7) is 4.05. The largest absolute Gasteiger partial charge is 0.353 e. The predicted molar refractivity (Wildman–Crippen MR) is 109 cm³/mol. The molecular weight excluding hydrogens is 356 g/mol. The molecule has 0 radical (unpaired) electrons. The maximum atomic E-state index is 11.7. The topological polar surface area (TPSA) is 76.7 Å². The van der Waals surface area contributed by atoms with Gasteiger partial charge >= 0.3 is 0 Å². The summed E-state index contributed by atoms with van der Waals surface area (Å²) >= 11 is 0. The number of unbranched alkanes of at least 4 members (excludes halogenated alkanes) is 3. The van der Waals surface area contributed by atoms with Gasteiger partial charge in [-0.05, 0) is 30.7 Å². The summed E-state index contributed by atoms with van der Waals surface area (Å²) < 4.78 is 0. The quantitative estimate of drug-likeness (QED) is 0.191. The summed E-state index contributed by atoms with van der Waals surface area (Å²) in [4.78, 5) is 33.1. The fourth-order valence-electron chi connectivity index (χ4n) is 2.60. The average molecular weight is 382 g/mol. The number of hydrogen-bond donors (Lipinski definition) is 2. The highest BCUT2D eigenvalue weighted by molar-refractivity contribution is 5.88. The number of amides is 2. The van der Waals surface area contributed by atoms with E-state index in [-0.39, 0.29) is 5.91 Å². The number of hydrogen-bond acceptors (Lipinski definition) is 4. The Morgan fingerprint density at radius 3 is 2.71 bits per heavy atom. The lowest BCUT2D eigenvalue weighted by molar-refractivity contribution is -0.250. The molecule has 2 amide bonds. The van der Waals surface area contributed by atoms with Gasteiger partial charge in [-0.25, -0.2) is 0 Å². The third-order valence-corrected chi connectivity index (χ3v) is 4.01. The molecule has 0 aliphatic heterocycles. The van der Waals surface area contributed by atoms with Gasteiger partial charge in [0.2, 0.25) is 5.91 Å². The smallest absolute Gasteiger partial charge is 0.270 e. The van der Waals surface area contributed by atoms with Crippen molar-refractivity contribution >= 4 is 22.6 Å². The maximum absolute atomic E-state index is 11.7. The monoisotopic (exact) mass is 382 g/mol. The Bertz CT molecular complexity index is 812. The molecule has 28 heavy (non-hydrogen) atoms. The van der Waals surface area contributed by atoms with E-state index in [9.17, 15) is 9.59 Å². The normalized spacial score (nSPS) is 10.7. The van der Waals surface area contributed by atoms with E-state index < -0.39 is 5.91 Å². The van der Waals surface area contributed by atoms with E-state index >= 15 is 0 Å². The van der Waals surface area contributed by atoms with Gasteiger partial charge in [-0.2, -0.15) is 5.48 Å². The Kier molecular flexibility index (Phi) is 9.31. The number of nitrogens with one attached hydrogen (secondary N) is 2. The number of rotatable bonds is 12. The molecule has 0 fully saturated rings. The summed E-state index contributed by atoms with van der Waals surface area (Å²) in [6, 6.07) is 13.3. The van der Waals surface area contributed by atoms with Crippen LogP contribution in [0.5, 0.6) is 5.75 Å². The summed E-state index contributed by atoms with van der Waals surface area (Å²) in [5, 5.41) is 4.66. The standard InChI is InChI=1S/C22H26N2O4/c1-2-17-23-21(25)15-6-4-3-5-7-16-22(26)24-28-27-20-14-10-12-18-11-8-9-13-19(18)20/h2,7-14,16H,1,3-6,15,17H2,(H,23,25)(H,24,26). The van der Waals surface area contributed by atoms with Gasteiger partial charge in [0.05, 0.1) is 0 Å². The molecule has 0 heterocycles. The lowest BCUT2D eigenvalue weighted by Crippen LogP contribution is -2.23. The molecule has 0 unspecified atom stereocenters. The van der Waals surface area contributed by atoms with E-state index in [0.717, 1.165) is 36.5 Å². The molecule has 0 bridgehead atoms. The minimum atomic E-state index is -0.399. The van der Waals surface area contributed by atoms with Gasteiger partial charge in [-0.1, -0.05) is 60.0 Å². The van der Waals surface area contributed by atoms with Gasteiger partial charge < -0.3 is 10.2 Å². The summed E-state index contributed by atoms with van der Waals surface area (Å²) in [7, 11) is 0. The van der Waals surface area contributed by atoms with E-state index in [4.69, 9.17) is 9.88 Å². The Hall–Kier alpha value is -3.12. The molecule has 0 aliphatic carbocycles. The van der Waals surface area contributed by atoms with Gasteiger partial charge in [0.25, 0.3) is 5.91 Å². The van der Waals surface area contributed by atoms with Crippen LogP contribution in [-0.2, 0) is 14.6 Å². The molecule has 2 aromatic rings. The third-order valence-electron chi connectivity index (χ3n) is 4.01. The average Bonchev–Trinajstić information content (AvgIpc) is 2.71. The first-order chi connectivity index (χ1) is 13.7. The number of carbonyl (C=O) groups excluding carboxylic acids is 2. The first-order valence-corrected chi connectivity index (χ1v) is 9.36. The van der Waals surface area contributed by atoms with E-state index in [1.165, 1.54) is 6.08 Å². The number of allylic oxidation sites excluding steroid dienone is 1. The zero-order chi connectivity index (χ0) is 20.0. The van der Waals surface area contributed by atoms with Crippen molar-refractivity contribution in [2.75, 3.05) is 6.54 Å². The van der Waals surface area contributed by atoms with Crippen LogP contribution in [-0.4, -0.2) is 18.4 Å². The van der Waals surface area contributed by atoms with Crippen molar-refractivity contribution in [2.24, 2.45) is 0 Å². The predicted octanol–water partition coefficient (Wildman–Crippen LogP) is 3.99. The molecule has 2 aromatic carbocycles. The van der Waals surface area contributed by atoms with Crippen LogP contribution >= 0.6 is 0 Å². The van der Waals surface area contributed by atoms with Crippen molar-refractivity contribution < 1.29 is 19.5 Å². The minimum Gasteiger partial charge on any atom is -0.353 e. The zero-order valence-electron chi connectivity index (χ0n) is 15.9. The minimum absolute atomic E-state index is 0.0400. The van der Waals surface area contributed by atoms with Crippen LogP contribution in [0, 0.1) is 0 Å². The molecule has 6 heteroatoms. The second kappa shape index (κ2) is 12.3. The van der Waals surface area contributed by atoms with E-state index in [1.54, 1.807) is 18.2 Å². The lowest BCUT2D eigenvalue weighted by atomic mass is 10.1. The van der Waals surface area contributed by atoms with Crippen molar-refractivity contribution in [1.29, 1.82) is 0 Å². The Morgan fingerprint density at radius 1 is 1.04 bits per heavy atom. The van der Waals surface area contributed by atoms with Crippen LogP contribution in [0.3, 0.4) is 0 Å². The number of hydroxylamine groups is 1. The highest BCUT2D eigenvalue weighted by atomic mass is 17.3. The van der Waals surface area contributed by atoms with Crippen LogP contribution in [0.2, 0.25) is 0 Å². The first-order valence-electron chi connectivity index (χ1n) is 9.36. The van der Waals surface area contributed by atoms with Gasteiger partial charge in [0, 0.05) is 24.4 Å². The fourth-order valence-corrected chi connectivity index (χ4v) is 2.60. The molecule has 2 rings (SSSR count). The molecule has 148 valence electrons. The summed E-state index contributed by atoms with van der Waals surface area (Å²) in [6.07, 6.45) is 8.76. The highest BCUT2D eigenvalue weighted by Crippen LogP contribution is 2.24. The molecule has 2 N–H and O–H groups in total. The van der Waals surface area contributed by atoms with Crippen molar-refractivity contribution in [3.63, 3.8) is 0 Å². The molecule has 0 atom stereocenters. The molecule has 0 saturated heterocycles. The molecule has 0 aromatic heterocycles. The Labute approximate surface area is 165 Å². The van der Waals surface area contributed by atoms with Gasteiger partial charge in [0.15, 0.2) is 5.75 Å². The van der Waals surface area contributed by atoms with Crippen LogP contribution in [0.1, 0.15) is 32.1 Å². The molecular formula is C22H26N2O4. The number of benzene rings is 2. The maximum Gasteiger partial charge on any atom is 0.270 e. The van der Waals surface area contributed by atoms with E-state index in [1.807, 2.05) is 36.4 Å². The first kappa shape index (κ1) is 21.2. The zero-order valence-corrected chi connectivity index (χ0v) is 15.9. The molecule has 6 nitrogen and oxygen atoms in total. The second-order valence-electron chi connectivity index (χ2n) is 6.20. The van der Waals surface area contributed by atoms with E-state index in [2.05, 4.69) is 17.4 Å². The second-order valence-corrected chi connectivity index (χ2v) is 6.20. The van der Waals surface area contributed by atoms with Crippen molar-refractivity contribution in [2.45, 2.75) is 32.1 Å². The van der Waals surface area contributed by atoms with Crippen molar-refractivity contribution in [1.82, 2.24) is 10.8 Å². The van der Waals surface area contributed by atoms with Gasteiger partial charge in [-0.15, -0.1) is 6.58 Å². The summed E-state index contributed by atoms with van der Waals surface area (Å²) in [5.74, 6) is 0.168. The van der Waals surface area contributed by atoms with Gasteiger partial charge in [0.1, 0.15) is 0 Å². The van der Waals surface area contributed by atoms with Crippen LogP contribution in [0.15, 0.2) is 67.3 Å². The molecule has 0 spiro atoms. The number of fused-ring (bicyclic) bond motifs is 1. The molecule has 0 saturated carbocycles. The van der Waals surface area contributed by atoms with Gasteiger partial charge in [-0.3, -0.25) is 9.59 Å². The highest BCUT2D eigenvalue weighted by Gasteiger charge is 2.03. The Balaban J connectivity index is 1.58. The van der Waals surface area contributed by atoms with Crippen LogP contribution in [0.25, 0.3) is 10.8 Å². The Morgan fingerprint density at radius 2 is 1.86 bits per heavy atom. The SMILES string of the molecule is C=CCNC(=O)CCCCCC=CC(=O)NOOc1cccc2ccccc12. The van der Waals surface area contributed by atoms with E-state index in [0.29, 0.717) is 18.7 Å². The van der Waals surface area contributed by atoms with Crippen LogP contribution in [0.4, 0.5) is 0 Å². The summed E-state index contributed by atoms with van der Waals surface area (Å²) in [5.41, 5.74) is 2.22. The third kappa shape index (κ3) is 7.63. The van der Waals surface area contributed by atoms with Crippen LogP contribution < -0.4 is 15.7 Å². The van der Waals surface area contributed by atoms with Crippen molar-refractivity contribution in [3.8, 4) is 5.75 Å². The molecule has 0 aliphatic rings. The lowest BCUT2D eigenvalue weighted by Gasteiger charge is -2.06.